The lowest BCUT2D eigenvalue weighted by atomic mass is 10.2. The Morgan fingerprint density at radius 2 is 1.88 bits per heavy atom. The molecule has 1 aromatic heterocycles. The van der Waals surface area contributed by atoms with Gasteiger partial charge in [0.2, 0.25) is 0 Å². The van der Waals surface area contributed by atoms with Gasteiger partial charge in [-0.05, 0) is 20.3 Å². The van der Waals surface area contributed by atoms with Gasteiger partial charge in [-0.1, -0.05) is 0 Å². The maximum Gasteiger partial charge on any atom is 0.182 e. The number of hydrogen-bond acceptors (Lipinski definition) is 3. The second-order valence-electron chi connectivity index (χ2n) is 3.81. The standard InChI is InChI=1S/C12H19NO3/c1-10-8-12(15)9-11(2)13(10)4-3-6-16-7-5-14/h8-9,14H,3-7H2,1-2H3. The summed E-state index contributed by atoms with van der Waals surface area (Å²) in [6, 6.07) is 3.28. The molecular weight excluding hydrogens is 206 g/mol. The Morgan fingerprint density at radius 1 is 1.25 bits per heavy atom. The summed E-state index contributed by atoms with van der Waals surface area (Å²) in [5, 5.41) is 8.54. The van der Waals surface area contributed by atoms with Gasteiger partial charge < -0.3 is 14.4 Å². The van der Waals surface area contributed by atoms with Gasteiger partial charge in [0.1, 0.15) is 0 Å². The van der Waals surface area contributed by atoms with E-state index in [0.717, 1.165) is 24.4 Å². The third-order valence-corrected chi connectivity index (χ3v) is 2.46. The van der Waals surface area contributed by atoms with Crippen LogP contribution in [0.5, 0.6) is 0 Å². The van der Waals surface area contributed by atoms with Crippen LogP contribution in [0, 0.1) is 13.8 Å². The smallest absolute Gasteiger partial charge is 0.182 e. The summed E-state index contributed by atoms with van der Waals surface area (Å²) >= 11 is 0. The van der Waals surface area contributed by atoms with Gasteiger partial charge in [-0.25, -0.2) is 0 Å². The monoisotopic (exact) mass is 225 g/mol. The van der Waals surface area contributed by atoms with Gasteiger partial charge in [-0.2, -0.15) is 0 Å². The highest BCUT2D eigenvalue weighted by Gasteiger charge is 2.00. The molecule has 4 nitrogen and oxygen atoms in total. The number of ether oxygens (including phenoxy) is 1. The predicted octanol–water partition coefficient (Wildman–Crippen LogP) is 0.864. The maximum atomic E-state index is 11.2. The minimum atomic E-state index is 0.0581. The summed E-state index contributed by atoms with van der Waals surface area (Å²) in [5.41, 5.74) is 2.02. The Bertz CT molecular complexity index is 358. The Morgan fingerprint density at radius 3 is 2.44 bits per heavy atom. The van der Waals surface area contributed by atoms with E-state index in [1.54, 1.807) is 12.1 Å². The lowest BCUT2D eigenvalue weighted by Gasteiger charge is -2.13. The highest BCUT2D eigenvalue weighted by molar-refractivity contribution is 5.12. The van der Waals surface area contributed by atoms with Crippen LogP contribution in [0.2, 0.25) is 0 Å². The first-order valence-corrected chi connectivity index (χ1v) is 5.52. The molecule has 1 aromatic rings. The SMILES string of the molecule is Cc1cc(=O)cc(C)n1CCCOCCO. The molecule has 0 bridgehead atoms. The molecule has 0 unspecified atom stereocenters. The summed E-state index contributed by atoms with van der Waals surface area (Å²) in [6.45, 7) is 5.79. The minimum absolute atomic E-state index is 0.0581. The van der Waals surface area contributed by atoms with Crippen molar-refractivity contribution in [1.29, 1.82) is 0 Å². The van der Waals surface area contributed by atoms with Crippen molar-refractivity contribution < 1.29 is 9.84 Å². The number of nitrogens with zero attached hydrogens (tertiary/aromatic N) is 1. The van der Waals surface area contributed by atoms with Gasteiger partial charge in [-0.15, -0.1) is 0 Å². The van der Waals surface area contributed by atoms with Crippen LogP contribution in [0.4, 0.5) is 0 Å². The maximum absolute atomic E-state index is 11.2. The average Bonchev–Trinajstić information content (AvgIpc) is 2.20. The predicted molar refractivity (Wildman–Crippen MR) is 62.7 cm³/mol. The normalized spacial score (nSPS) is 10.7. The average molecular weight is 225 g/mol. The lowest BCUT2D eigenvalue weighted by molar-refractivity contribution is 0.0886. The quantitative estimate of drug-likeness (QED) is 0.731. The van der Waals surface area contributed by atoms with Crippen molar-refractivity contribution >= 4 is 0 Å². The molecule has 0 saturated heterocycles. The molecule has 0 fully saturated rings. The molecule has 4 heteroatoms. The third kappa shape index (κ3) is 3.79. The number of aliphatic hydroxyl groups is 1. The molecule has 0 amide bonds. The van der Waals surface area contributed by atoms with Gasteiger partial charge in [0, 0.05) is 36.7 Å². The van der Waals surface area contributed by atoms with E-state index in [-0.39, 0.29) is 12.0 Å². The molecule has 1 N–H and O–H groups in total. The van der Waals surface area contributed by atoms with Crippen molar-refractivity contribution in [3.05, 3.63) is 33.7 Å². The van der Waals surface area contributed by atoms with Crippen molar-refractivity contribution in [3.8, 4) is 0 Å². The fourth-order valence-corrected chi connectivity index (χ4v) is 1.73. The van der Waals surface area contributed by atoms with E-state index >= 15 is 0 Å². The number of pyridine rings is 1. The second kappa shape index (κ2) is 6.45. The topological polar surface area (TPSA) is 51.5 Å². The fourth-order valence-electron chi connectivity index (χ4n) is 1.73. The van der Waals surface area contributed by atoms with E-state index < -0.39 is 0 Å². The van der Waals surface area contributed by atoms with Crippen LogP contribution in [0.25, 0.3) is 0 Å². The zero-order valence-corrected chi connectivity index (χ0v) is 9.90. The summed E-state index contributed by atoms with van der Waals surface area (Å²) in [5.74, 6) is 0. The first-order valence-electron chi connectivity index (χ1n) is 5.52. The zero-order valence-electron chi connectivity index (χ0n) is 9.90. The van der Waals surface area contributed by atoms with E-state index in [4.69, 9.17) is 9.84 Å². The van der Waals surface area contributed by atoms with Gasteiger partial charge in [-0.3, -0.25) is 4.79 Å². The third-order valence-electron chi connectivity index (χ3n) is 2.46. The largest absolute Gasteiger partial charge is 0.394 e. The summed E-state index contributed by atoms with van der Waals surface area (Å²) in [7, 11) is 0. The molecular formula is C12H19NO3. The Balaban J connectivity index is 2.51. The van der Waals surface area contributed by atoms with E-state index in [0.29, 0.717) is 13.2 Å². The molecule has 1 rings (SSSR count). The van der Waals surface area contributed by atoms with Crippen molar-refractivity contribution in [1.82, 2.24) is 4.57 Å². The van der Waals surface area contributed by atoms with Crippen molar-refractivity contribution in [2.45, 2.75) is 26.8 Å². The number of aromatic nitrogens is 1. The highest BCUT2D eigenvalue weighted by atomic mass is 16.5. The number of rotatable bonds is 6. The van der Waals surface area contributed by atoms with Crippen molar-refractivity contribution in [2.75, 3.05) is 19.8 Å². The number of hydrogen-bond donors (Lipinski definition) is 1. The van der Waals surface area contributed by atoms with Crippen LogP contribution in [-0.4, -0.2) is 29.5 Å². The van der Waals surface area contributed by atoms with Gasteiger partial charge >= 0.3 is 0 Å². The van der Waals surface area contributed by atoms with Crippen LogP contribution in [0.1, 0.15) is 17.8 Å². The summed E-state index contributed by atoms with van der Waals surface area (Å²) in [4.78, 5) is 11.2. The molecule has 0 aliphatic heterocycles. The highest BCUT2D eigenvalue weighted by Crippen LogP contribution is 2.03. The molecule has 0 radical (unpaired) electrons. The molecule has 1 heterocycles. The van der Waals surface area contributed by atoms with Crippen molar-refractivity contribution in [3.63, 3.8) is 0 Å². The van der Waals surface area contributed by atoms with Crippen LogP contribution >= 0.6 is 0 Å². The first-order chi connectivity index (χ1) is 7.65. The van der Waals surface area contributed by atoms with Crippen LogP contribution in [0.3, 0.4) is 0 Å². The molecule has 0 aromatic carbocycles. The molecule has 0 spiro atoms. The molecule has 0 aliphatic rings. The molecule has 90 valence electrons. The Hall–Kier alpha value is -1.13. The Kier molecular flexibility index (Phi) is 5.22. The second-order valence-corrected chi connectivity index (χ2v) is 3.81. The van der Waals surface area contributed by atoms with Crippen LogP contribution < -0.4 is 5.43 Å². The van der Waals surface area contributed by atoms with E-state index in [1.807, 2.05) is 13.8 Å². The number of aliphatic hydroxyl groups excluding tert-OH is 1. The summed E-state index contributed by atoms with van der Waals surface area (Å²) < 4.78 is 7.28. The Labute approximate surface area is 95.5 Å². The van der Waals surface area contributed by atoms with E-state index in [2.05, 4.69) is 4.57 Å². The molecule has 16 heavy (non-hydrogen) atoms. The zero-order chi connectivity index (χ0) is 12.0. The van der Waals surface area contributed by atoms with E-state index in [1.165, 1.54) is 0 Å². The summed E-state index contributed by atoms with van der Waals surface area (Å²) in [6.07, 6.45) is 0.880. The van der Waals surface area contributed by atoms with Crippen LogP contribution in [0.15, 0.2) is 16.9 Å². The molecule has 0 atom stereocenters. The van der Waals surface area contributed by atoms with Gasteiger partial charge in [0.15, 0.2) is 5.43 Å². The van der Waals surface area contributed by atoms with Crippen LogP contribution in [-0.2, 0) is 11.3 Å². The van der Waals surface area contributed by atoms with E-state index in [9.17, 15) is 4.79 Å². The van der Waals surface area contributed by atoms with Crippen molar-refractivity contribution in [2.24, 2.45) is 0 Å². The lowest BCUT2D eigenvalue weighted by Crippen LogP contribution is -2.14. The molecule has 0 saturated carbocycles. The molecule has 0 aliphatic carbocycles. The fraction of sp³-hybridized carbons (Fsp3) is 0.583. The number of aryl methyl sites for hydroxylation is 2. The minimum Gasteiger partial charge on any atom is -0.394 e. The first kappa shape index (κ1) is 12.9. The van der Waals surface area contributed by atoms with Gasteiger partial charge in [0.05, 0.1) is 13.2 Å². The van der Waals surface area contributed by atoms with Gasteiger partial charge in [0.25, 0.3) is 0 Å².